The molecule has 218 valence electrons. The highest BCUT2D eigenvalue weighted by atomic mass is 15.1. The van der Waals surface area contributed by atoms with Crippen LogP contribution < -0.4 is 4.90 Å². The van der Waals surface area contributed by atoms with E-state index in [-0.39, 0.29) is 17.5 Å². The molecule has 0 unspecified atom stereocenters. The Balaban J connectivity index is 1.13. The van der Waals surface area contributed by atoms with Gasteiger partial charge in [0.15, 0.2) is 0 Å². The van der Waals surface area contributed by atoms with E-state index in [1.165, 1.54) is 38.4 Å². The third-order valence-electron chi connectivity index (χ3n) is 9.84. The molecule has 0 fully saturated rings. The summed E-state index contributed by atoms with van der Waals surface area (Å²) in [6.07, 6.45) is 0. The summed E-state index contributed by atoms with van der Waals surface area (Å²) in [6.45, 7) is 4.62. The average Bonchev–Trinajstić information content (AvgIpc) is 3.36. The molecule has 1 heteroatoms. The molecular weight excluding hydrogens is 555 g/mol. The molecule has 0 saturated carbocycles. The number of anilines is 3. The van der Waals surface area contributed by atoms with Gasteiger partial charge >= 0.3 is 0 Å². The summed E-state index contributed by atoms with van der Waals surface area (Å²) in [6, 6.07) is 53.5. The molecule has 0 spiro atoms. The van der Waals surface area contributed by atoms with Gasteiger partial charge in [-0.2, -0.15) is 0 Å². The Morgan fingerprint density at radius 2 is 1.13 bits per heavy atom. The second kappa shape index (κ2) is 10.2. The first kappa shape index (κ1) is 24.6. The maximum atomic E-state index is 9.22. The molecule has 8 aromatic carbocycles. The summed E-state index contributed by atoms with van der Waals surface area (Å²) in [5.41, 5.74) is 9.83. The van der Waals surface area contributed by atoms with E-state index >= 15 is 0 Å². The number of nitrogens with zero attached hydrogens (tertiary/aromatic N) is 1. The fourth-order valence-electron chi connectivity index (χ4n) is 7.53. The molecule has 0 aromatic heterocycles. The summed E-state index contributed by atoms with van der Waals surface area (Å²) >= 11 is 0. The maximum Gasteiger partial charge on any atom is 0.0629 e. The zero-order valence-electron chi connectivity index (χ0n) is 27.9. The zero-order chi connectivity index (χ0) is 32.6. The van der Waals surface area contributed by atoms with Crippen LogP contribution in [-0.2, 0) is 5.41 Å². The molecular formula is C45H33N. The van der Waals surface area contributed by atoms with Crippen molar-refractivity contribution >= 4 is 61.5 Å². The Morgan fingerprint density at radius 3 is 1.93 bits per heavy atom. The van der Waals surface area contributed by atoms with E-state index < -0.39 is 0 Å². The number of para-hydroxylation sites is 1. The topological polar surface area (TPSA) is 3.24 Å². The molecule has 46 heavy (non-hydrogen) atoms. The predicted molar refractivity (Wildman–Crippen MR) is 198 cm³/mol. The fourth-order valence-corrected chi connectivity index (χ4v) is 7.53. The van der Waals surface area contributed by atoms with Crippen LogP contribution in [0, 0.1) is 0 Å². The van der Waals surface area contributed by atoms with Gasteiger partial charge in [-0.15, -0.1) is 0 Å². The average molecular weight is 590 g/mol. The smallest absolute Gasteiger partial charge is 0.0629 e. The molecule has 0 heterocycles. The second-order valence-electron chi connectivity index (χ2n) is 12.8. The van der Waals surface area contributed by atoms with Crippen molar-refractivity contribution in [3.8, 4) is 11.1 Å². The van der Waals surface area contributed by atoms with E-state index in [4.69, 9.17) is 1.37 Å². The molecule has 8 aromatic rings. The molecule has 0 amide bonds. The van der Waals surface area contributed by atoms with E-state index in [0.717, 1.165) is 38.8 Å². The SMILES string of the molecule is [2H]/C(=C(/[2H])c1ccc2ccc3cccc4ccc1c2c34)c1ccc(N(c2ccccc2)c2ccc3c(c2)C(C)(C)c2ccccc2-3)cc1. The first-order chi connectivity index (χ1) is 23.4. The van der Waals surface area contributed by atoms with Gasteiger partial charge in [-0.05, 0) is 102 Å². The van der Waals surface area contributed by atoms with Gasteiger partial charge in [0.1, 0.15) is 0 Å². The zero-order valence-corrected chi connectivity index (χ0v) is 25.9. The standard InChI is InChI=1S/C45H33N/c1-45(2)41-14-7-6-13-39(41)40-28-26-37(29-42(40)45)46(35-11-4-3-5-12-35)36-24-16-30(17-25-36)15-18-31-19-20-34-22-21-32-9-8-10-33-23-27-38(31)44(34)43(32)33/h3-29H,1-2H3/b18-15+/i15D,18D. The van der Waals surface area contributed by atoms with Gasteiger partial charge in [-0.1, -0.05) is 141 Å². The van der Waals surface area contributed by atoms with E-state index in [1.54, 1.807) is 0 Å². The number of hydrogen-bond acceptors (Lipinski definition) is 1. The molecule has 0 radical (unpaired) electrons. The van der Waals surface area contributed by atoms with Crippen LogP contribution in [0.4, 0.5) is 17.1 Å². The maximum absolute atomic E-state index is 9.22. The summed E-state index contributed by atoms with van der Waals surface area (Å²) in [5.74, 6) is 0. The van der Waals surface area contributed by atoms with Crippen LogP contribution in [0.3, 0.4) is 0 Å². The number of benzene rings is 8. The lowest BCUT2D eigenvalue weighted by atomic mass is 9.82. The largest absolute Gasteiger partial charge is 0.310 e. The molecule has 0 bridgehead atoms. The van der Waals surface area contributed by atoms with Crippen molar-refractivity contribution < 1.29 is 2.74 Å². The lowest BCUT2D eigenvalue weighted by Gasteiger charge is -2.28. The highest BCUT2D eigenvalue weighted by Gasteiger charge is 2.35. The van der Waals surface area contributed by atoms with Crippen LogP contribution in [-0.4, -0.2) is 0 Å². The fraction of sp³-hybridized carbons (Fsp3) is 0.0667. The van der Waals surface area contributed by atoms with Gasteiger partial charge in [-0.3, -0.25) is 0 Å². The Kier molecular flexibility index (Phi) is 5.46. The lowest BCUT2D eigenvalue weighted by molar-refractivity contribution is 0.660. The van der Waals surface area contributed by atoms with E-state index in [9.17, 15) is 1.37 Å². The molecule has 0 aliphatic heterocycles. The van der Waals surface area contributed by atoms with Gasteiger partial charge in [0.05, 0.1) is 2.74 Å². The van der Waals surface area contributed by atoms with E-state index in [1.807, 2.05) is 24.3 Å². The van der Waals surface area contributed by atoms with Crippen LogP contribution in [0.25, 0.3) is 55.5 Å². The third kappa shape index (κ3) is 4.09. The second-order valence-corrected chi connectivity index (χ2v) is 12.8. The predicted octanol–water partition coefficient (Wildman–Crippen LogP) is 12.5. The Labute approximate surface area is 272 Å². The summed E-state index contributed by atoms with van der Waals surface area (Å²) < 4.78 is 18.4. The number of fused-ring (bicyclic) bond motifs is 3. The Bertz CT molecular complexity index is 2530. The molecule has 1 aliphatic carbocycles. The van der Waals surface area contributed by atoms with Crippen molar-refractivity contribution in [2.24, 2.45) is 0 Å². The lowest BCUT2D eigenvalue weighted by Crippen LogP contribution is -2.16. The summed E-state index contributed by atoms with van der Waals surface area (Å²) in [7, 11) is 0. The molecule has 1 nitrogen and oxygen atoms in total. The monoisotopic (exact) mass is 589 g/mol. The van der Waals surface area contributed by atoms with Gasteiger partial charge in [0, 0.05) is 22.5 Å². The quantitative estimate of drug-likeness (QED) is 0.143. The Hall–Kier alpha value is -5.66. The molecule has 9 rings (SSSR count). The molecule has 0 N–H and O–H groups in total. The summed E-state index contributed by atoms with van der Waals surface area (Å²) in [4.78, 5) is 2.28. The van der Waals surface area contributed by atoms with E-state index in [0.29, 0.717) is 5.56 Å². The normalized spacial score (nSPS) is 14.6. The van der Waals surface area contributed by atoms with Crippen LogP contribution in [0.2, 0.25) is 0 Å². The molecule has 0 saturated heterocycles. The number of rotatable bonds is 5. The van der Waals surface area contributed by atoms with Crippen molar-refractivity contribution in [1.82, 2.24) is 0 Å². The Morgan fingerprint density at radius 1 is 0.500 bits per heavy atom. The molecule has 1 aliphatic rings. The van der Waals surface area contributed by atoms with Gasteiger partial charge in [0.2, 0.25) is 0 Å². The number of hydrogen-bond donors (Lipinski definition) is 0. The van der Waals surface area contributed by atoms with Crippen molar-refractivity contribution in [2.75, 3.05) is 4.90 Å². The first-order valence-electron chi connectivity index (χ1n) is 16.9. The minimum absolute atomic E-state index is 0.102. The van der Waals surface area contributed by atoms with Crippen LogP contribution in [0.15, 0.2) is 152 Å². The highest BCUT2D eigenvalue weighted by molar-refractivity contribution is 6.24. The van der Waals surface area contributed by atoms with Crippen LogP contribution in [0.5, 0.6) is 0 Å². The van der Waals surface area contributed by atoms with Gasteiger partial charge in [0.25, 0.3) is 0 Å². The van der Waals surface area contributed by atoms with Crippen molar-refractivity contribution in [3.05, 3.63) is 174 Å². The third-order valence-corrected chi connectivity index (χ3v) is 9.84. The minimum Gasteiger partial charge on any atom is -0.310 e. The van der Waals surface area contributed by atoms with Gasteiger partial charge in [-0.25, -0.2) is 0 Å². The van der Waals surface area contributed by atoms with Crippen molar-refractivity contribution in [3.63, 3.8) is 0 Å². The van der Waals surface area contributed by atoms with Crippen LogP contribution in [0.1, 0.15) is 38.8 Å². The summed E-state index contributed by atoms with van der Waals surface area (Å²) in [5, 5.41) is 6.94. The van der Waals surface area contributed by atoms with Crippen molar-refractivity contribution in [1.29, 1.82) is 0 Å². The molecule has 0 atom stereocenters. The van der Waals surface area contributed by atoms with Crippen LogP contribution >= 0.6 is 0 Å². The first-order valence-corrected chi connectivity index (χ1v) is 15.9. The van der Waals surface area contributed by atoms with Gasteiger partial charge < -0.3 is 4.90 Å². The highest BCUT2D eigenvalue weighted by Crippen LogP contribution is 2.50. The minimum atomic E-state index is -0.102. The van der Waals surface area contributed by atoms with E-state index in [2.05, 4.69) is 146 Å². The van der Waals surface area contributed by atoms with Crippen molar-refractivity contribution in [2.45, 2.75) is 19.3 Å².